The predicted molar refractivity (Wildman–Crippen MR) is 87.2 cm³/mol. The monoisotopic (exact) mass is 314 g/mol. The molecule has 0 bridgehead atoms. The Morgan fingerprint density at radius 2 is 2.22 bits per heavy atom. The molecule has 2 aliphatic heterocycles. The summed E-state index contributed by atoms with van der Waals surface area (Å²) in [4.78, 5) is 2.45. The molecule has 0 aliphatic carbocycles. The van der Waals surface area contributed by atoms with Gasteiger partial charge in [-0.25, -0.2) is 0 Å². The number of likely N-dealkylation sites (tertiary alicyclic amines) is 1. The predicted octanol–water partition coefficient (Wildman–Crippen LogP) is 1.98. The Labute approximate surface area is 135 Å². The Hall–Kier alpha value is -2.05. The number of ether oxygens (including phenoxy) is 2. The highest BCUT2D eigenvalue weighted by atomic mass is 16.7. The SMILES string of the molecule is CC1(CN)CCN(Cc2cn[nH]c2-c2ccc3c(c2)OCO3)C1. The van der Waals surface area contributed by atoms with E-state index in [9.17, 15) is 0 Å². The number of hydrogen-bond acceptors (Lipinski definition) is 5. The lowest BCUT2D eigenvalue weighted by molar-refractivity contribution is 0.174. The molecule has 6 nitrogen and oxygen atoms in total. The van der Waals surface area contributed by atoms with Gasteiger partial charge in [0.05, 0.1) is 11.9 Å². The maximum absolute atomic E-state index is 5.91. The highest BCUT2D eigenvalue weighted by molar-refractivity contribution is 5.66. The molecule has 1 saturated heterocycles. The second-order valence-corrected chi connectivity index (χ2v) is 6.81. The maximum Gasteiger partial charge on any atom is 0.231 e. The first-order valence-electron chi connectivity index (χ1n) is 8.02. The molecule has 0 amide bonds. The smallest absolute Gasteiger partial charge is 0.231 e. The maximum atomic E-state index is 5.91. The summed E-state index contributed by atoms with van der Waals surface area (Å²) in [5.41, 5.74) is 9.46. The van der Waals surface area contributed by atoms with Crippen molar-refractivity contribution in [3.8, 4) is 22.8 Å². The minimum Gasteiger partial charge on any atom is -0.454 e. The lowest BCUT2D eigenvalue weighted by Crippen LogP contribution is -2.31. The fraction of sp³-hybridized carbons (Fsp3) is 0.471. The van der Waals surface area contributed by atoms with Crippen LogP contribution in [0.25, 0.3) is 11.3 Å². The molecule has 1 aromatic carbocycles. The zero-order chi connectivity index (χ0) is 15.9. The number of aromatic nitrogens is 2. The van der Waals surface area contributed by atoms with Gasteiger partial charge in [0, 0.05) is 24.2 Å². The van der Waals surface area contributed by atoms with Crippen LogP contribution in [0.4, 0.5) is 0 Å². The summed E-state index contributed by atoms with van der Waals surface area (Å²) in [6, 6.07) is 6.00. The summed E-state index contributed by atoms with van der Waals surface area (Å²) in [6.45, 7) is 6.30. The van der Waals surface area contributed by atoms with Gasteiger partial charge in [0.1, 0.15) is 0 Å². The molecule has 0 spiro atoms. The van der Waals surface area contributed by atoms with Crippen LogP contribution >= 0.6 is 0 Å². The number of nitrogens with zero attached hydrogens (tertiary/aromatic N) is 2. The molecule has 6 heteroatoms. The highest BCUT2D eigenvalue weighted by Crippen LogP contribution is 2.37. The molecular weight excluding hydrogens is 292 g/mol. The normalized spacial score (nSPS) is 23.6. The molecule has 122 valence electrons. The number of nitrogens with one attached hydrogen (secondary N) is 1. The molecule has 1 atom stereocenters. The van der Waals surface area contributed by atoms with Crippen molar-refractivity contribution in [3.05, 3.63) is 30.0 Å². The Bertz CT molecular complexity index is 714. The fourth-order valence-corrected chi connectivity index (χ4v) is 3.40. The highest BCUT2D eigenvalue weighted by Gasteiger charge is 2.32. The van der Waals surface area contributed by atoms with E-state index in [-0.39, 0.29) is 5.41 Å². The molecule has 4 rings (SSSR count). The number of benzene rings is 1. The largest absolute Gasteiger partial charge is 0.454 e. The van der Waals surface area contributed by atoms with Crippen LogP contribution in [0.1, 0.15) is 18.9 Å². The molecule has 3 heterocycles. The third-order valence-electron chi connectivity index (χ3n) is 4.90. The number of hydrogen-bond donors (Lipinski definition) is 2. The van der Waals surface area contributed by atoms with Gasteiger partial charge in [0.2, 0.25) is 6.79 Å². The Kier molecular flexibility index (Phi) is 3.50. The van der Waals surface area contributed by atoms with Crippen LogP contribution in [0.3, 0.4) is 0 Å². The van der Waals surface area contributed by atoms with Crippen molar-refractivity contribution in [2.45, 2.75) is 19.9 Å². The number of H-pyrrole nitrogens is 1. The van der Waals surface area contributed by atoms with Gasteiger partial charge in [0.15, 0.2) is 11.5 Å². The van der Waals surface area contributed by atoms with Gasteiger partial charge in [-0.3, -0.25) is 10.00 Å². The van der Waals surface area contributed by atoms with Crippen molar-refractivity contribution in [2.75, 3.05) is 26.4 Å². The molecule has 1 aromatic heterocycles. The zero-order valence-electron chi connectivity index (χ0n) is 13.3. The van der Waals surface area contributed by atoms with Crippen LogP contribution in [0.5, 0.6) is 11.5 Å². The summed E-state index contributed by atoms with van der Waals surface area (Å²) in [7, 11) is 0. The second-order valence-electron chi connectivity index (χ2n) is 6.81. The van der Waals surface area contributed by atoms with Gasteiger partial charge < -0.3 is 15.2 Å². The molecule has 1 unspecified atom stereocenters. The standard InChI is InChI=1S/C17H22N4O2/c1-17(9-18)4-5-21(10-17)8-13-7-19-20-16(13)12-2-3-14-15(6-12)23-11-22-14/h2-3,6-7H,4-5,8-11,18H2,1H3,(H,19,20). The topological polar surface area (TPSA) is 76.4 Å². The summed E-state index contributed by atoms with van der Waals surface area (Å²) in [5, 5.41) is 7.37. The average Bonchev–Trinajstić information content (AvgIpc) is 3.27. The molecule has 23 heavy (non-hydrogen) atoms. The van der Waals surface area contributed by atoms with Crippen molar-refractivity contribution in [1.29, 1.82) is 0 Å². The summed E-state index contributed by atoms with van der Waals surface area (Å²) in [5.74, 6) is 1.59. The van der Waals surface area contributed by atoms with Crippen LogP contribution in [0, 0.1) is 5.41 Å². The number of nitrogens with two attached hydrogens (primary N) is 1. The van der Waals surface area contributed by atoms with E-state index in [1.807, 2.05) is 24.4 Å². The van der Waals surface area contributed by atoms with Crippen molar-refractivity contribution in [3.63, 3.8) is 0 Å². The van der Waals surface area contributed by atoms with E-state index in [1.165, 1.54) is 5.56 Å². The van der Waals surface area contributed by atoms with E-state index in [1.54, 1.807) is 0 Å². The van der Waals surface area contributed by atoms with Crippen LogP contribution < -0.4 is 15.2 Å². The number of fused-ring (bicyclic) bond motifs is 1. The fourth-order valence-electron chi connectivity index (χ4n) is 3.40. The molecule has 3 N–H and O–H groups in total. The molecule has 2 aliphatic rings. The van der Waals surface area contributed by atoms with Gasteiger partial charge in [-0.1, -0.05) is 6.92 Å². The van der Waals surface area contributed by atoms with Crippen LogP contribution in [0.15, 0.2) is 24.4 Å². The lowest BCUT2D eigenvalue weighted by atomic mass is 9.90. The van der Waals surface area contributed by atoms with E-state index in [4.69, 9.17) is 15.2 Å². The Morgan fingerprint density at radius 3 is 3.04 bits per heavy atom. The summed E-state index contributed by atoms with van der Waals surface area (Å²) >= 11 is 0. The number of rotatable bonds is 4. The Morgan fingerprint density at radius 1 is 1.35 bits per heavy atom. The number of aromatic amines is 1. The van der Waals surface area contributed by atoms with Gasteiger partial charge in [-0.05, 0) is 43.1 Å². The first-order valence-corrected chi connectivity index (χ1v) is 8.02. The van der Waals surface area contributed by atoms with E-state index in [2.05, 4.69) is 22.0 Å². The molecular formula is C17H22N4O2. The van der Waals surface area contributed by atoms with E-state index < -0.39 is 0 Å². The molecule has 2 aromatic rings. The summed E-state index contributed by atoms with van der Waals surface area (Å²) < 4.78 is 10.8. The summed E-state index contributed by atoms with van der Waals surface area (Å²) in [6.07, 6.45) is 3.07. The quantitative estimate of drug-likeness (QED) is 0.902. The average molecular weight is 314 g/mol. The first-order chi connectivity index (χ1) is 11.2. The molecule has 0 radical (unpaired) electrons. The third kappa shape index (κ3) is 2.68. The first kappa shape index (κ1) is 14.5. The molecule has 1 fully saturated rings. The van der Waals surface area contributed by atoms with Gasteiger partial charge >= 0.3 is 0 Å². The van der Waals surface area contributed by atoms with E-state index in [0.29, 0.717) is 6.79 Å². The zero-order valence-corrected chi connectivity index (χ0v) is 13.3. The Balaban J connectivity index is 1.55. The minimum absolute atomic E-state index is 0.239. The lowest BCUT2D eigenvalue weighted by Gasteiger charge is -2.22. The van der Waals surface area contributed by atoms with Crippen molar-refractivity contribution < 1.29 is 9.47 Å². The van der Waals surface area contributed by atoms with Crippen molar-refractivity contribution >= 4 is 0 Å². The van der Waals surface area contributed by atoms with Crippen LogP contribution in [-0.2, 0) is 6.54 Å². The second kappa shape index (κ2) is 5.54. The van der Waals surface area contributed by atoms with Crippen LogP contribution in [0.2, 0.25) is 0 Å². The van der Waals surface area contributed by atoms with Crippen molar-refractivity contribution in [2.24, 2.45) is 11.1 Å². The minimum atomic E-state index is 0.239. The van der Waals surface area contributed by atoms with Crippen molar-refractivity contribution in [1.82, 2.24) is 15.1 Å². The van der Waals surface area contributed by atoms with Gasteiger partial charge in [0.25, 0.3) is 0 Å². The van der Waals surface area contributed by atoms with Crippen LogP contribution in [-0.4, -0.2) is 41.5 Å². The van der Waals surface area contributed by atoms with Gasteiger partial charge in [-0.15, -0.1) is 0 Å². The molecule has 0 saturated carbocycles. The van der Waals surface area contributed by atoms with E-state index >= 15 is 0 Å². The van der Waals surface area contributed by atoms with E-state index in [0.717, 1.165) is 55.4 Å². The van der Waals surface area contributed by atoms with Gasteiger partial charge in [-0.2, -0.15) is 5.10 Å². The third-order valence-corrected chi connectivity index (χ3v) is 4.90.